The highest BCUT2D eigenvalue weighted by Gasteiger charge is 2.26. The van der Waals surface area contributed by atoms with E-state index in [0.29, 0.717) is 11.3 Å². The molecule has 0 saturated carbocycles. The third kappa shape index (κ3) is 4.55. The molecule has 2 aromatic carbocycles. The lowest BCUT2D eigenvalue weighted by atomic mass is 10.1. The summed E-state index contributed by atoms with van der Waals surface area (Å²) in [6, 6.07) is 13.0. The van der Waals surface area contributed by atoms with Crippen molar-refractivity contribution in [3.8, 4) is 21.0 Å². The SMILES string of the molecule is Cc1ccc(-c2ncc(-c3ccc(N)cc3S(=O)(=O)NC(C)(C)C)s2)cc1. The second-order valence-corrected chi connectivity index (χ2v) is 10.2. The highest BCUT2D eigenvalue weighted by Crippen LogP contribution is 2.36. The topological polar surface area (TPSA) is 85.1 Å². The Morgan fingerprint density at radius 3 is 2.37 bits per heavy atom. The summed E-state index contributed by atoms with van der Waals surface area (Å²) in [5, 5.41) is 0.842. The fourth-order valence-electron chi connectivity index (χ4n) is 2.65. The molecule has 7 heteroatoms. The van der Waals surface area contributed by atoms with Crippen LogP contribution in [0.15, 0.2) is 53.6 Å². The molecule has 0 aliphatic heterocycles. The van der Waals surface area contributed by atoms with Gasteiger partial charge < -0.3 is 5.73 Å². The van der Waals surface area contributed by atoms with E-state index in [0.717, 1.165) is 15.4 Å². The highest BCUT2D eigenvalue weighted by molar-refractivity contribution is 7.89. The summed E-state index contributed by atoms with van der Waals surface area (Å²) in [6.07, 6.45) is 1.71. The van der Waals surface area contributed by atoms with Crippen molar-refractivity contribution in [1.29, 1.82) is 0 Å². The van der Waals surface area contributed by atoms with Crippen LogP contribution in [0, 0.1) is 6.92 Å². The fraction of sp³-hybridized carbons (Fsp3) is 0.250. The first-order chi connectivity index (χ1) is 12.5. The lowest BCUT2D eigenvalue weighted by Gasteiger charge is -2.21. The number of hydrogen-bond acceptors (Lipinski definition) is 5. The van der Waals surface area contributed by atoms with E-state index < -0.39 is 15.6 Å². The van der Waals surface area contributed by atoms with Crippen LogP contribution >= 0.6 is 11.3 Å². The summed E-state index contributed by atoms with van der Waals surface area (Å²) >= 11 is 1.45. The van der Waals surface area contributed by atoms with E-state index in [1.807, 2.05) is 31.2 Å². The Kier molecular flexibility index (Phi) is 5.12. The molecule has 5 nitrogen and oxygen atoms in total. The molecule has 0 atom stereocenters. The van der Waals surface area contributed by atoms with E-state index in [4.69, 9.17) is 5.73 Å². The molecule has 1 heterocycles. The van der Waals surface area contributed by atoms with Gasteiger partial charge in [-0.1, -0.05) is 35.9 Å². The summed E-state index contributed by atoms with van der Waals surface area (Å²) in [4.78, 5) is 5.43. The van der Waals surface area contributed by atoms with Crippen molar-refractivity contribution in [1.82, 2.24) is 9.71 Å². The van der Waals surface area contributed by atoms with Crippen LogP contribution in [0.2, 0.25) is 0 Å². The number of aryl methyl sites for hydroxylation is 1. The Balaban J connectivity index is 2.07. The summed E-state index contributed by atoms with van der Waals surface area (Å²) in [5.41, 5.74) is 8.45. The van der Waals surface area contributed by atoms with Crippen LogP contribution in [0.4, 0.5) is 5.69 Å². The number of nitrogen functional groups attached to an aromatic ring is 1. The van der Waals surface area contributed by atoms with Crippen LogP contribution in [-0.2, 0) is 10.0 Å². The molecule has 27 heavy (non-hydrogen) atoms. The zero-order chi connectivity index (χ0) is 19.8. The van der Waals surface area contributed by atoms with Crippen molar-refractivity contribution in [2.45, 2.75) is 38.1 Å². The second kappa shape index (κ2) is 7.07. The van der Waals surface area contributed by atoms with Gasteiger partial charge in [-0.05, 0) is 39.8 Å². The average molecular weight is 402 g/mol. The van der Waals surface area contributed by atoms with Crippen molar-refractivity contribution >= 4 is 27.0 Å². The fourth-order valence-corrected chi connectivity index (χ4v) is 5.35. The first-order valence-corrected chi connectivity index (χ1v) is 10.8. The van der Waals surface area contributed by atoms with Crippen molar-refractivity contribution in [2.75, 3.05) is 5.73 Å². The van der Waals surface area contributed by atoms with Gasteiger partial charge >= 0.3 is 0 Å². The van der Waals surface area contributed by atoms with Crippen molar-refractivity contribution in [3.63, 3.8) is 0 Å². The Morgan fingerprint density at radius 2 is 1.74 bits per heavy atom. The van der Waals surface area contributed by atoms with Crippen LogP contribution in [0.1, 0.15) is 26.3 Å². The molecule has 0 aliphatic rings. The number of nitrogens with zero attached hydrogens (tertiary/aromatic N) is 1. The Bertz CT molecular complexity index is 1060. The number of hydrogen-bond donors (Lipinski definition) is 2. The zero-order valence-electron chi connectivity index (χ0n) is 15.8. The highest BCUT2D eigenvalue weighted by atomic mass is 32.2. The molecule has 0 fully saturated rings. The molecule has 0 saturated heterocycles. The van der Waals surface area contributed by atoms with Crippen molar-refractivity contribution in [3.05, 3.63) is 54.2 Å². The van der Waals surface area contributed by atoms with Gasteiger partial charge in [0.1, 0.15) is 5.01 Å². The Labute approximate surface area is 164 Å². The smallest absolute Gasteiger partial charge is 0.241 e. The molecule has 0 spiro atoms. The van der Waals surface area contributed by atoms with Gasteiger partial charge in [0.2, 0.25) is 10.0 Å². The van der Waals surface area contributed by atoms with E-state index in [2.05, 4.69) is 9.71 Å². The largest absolute Gasteiger partial charge is 0.399 e. The summed E-state index contributed by atoms with van der Waals surface area (Å²) < 4.78 is 28.5. The van der Waals surface area contributed by atoms with Gasteiger partial charge in [-0.2, -0.15) is 0 Å². The maximum absolute atomic E-state index is 12.9. The molecule has 0 unspecified atom stereocenters. The number of nitrogens with one attached hydrogen (secondary N) is 1. The van der Waals surface area contributed by atoms with Crippen molar-refractivity contribution in [2.24, 2.45) is 0 Å². The monoisotopic (exact) mass is 401 g/mol. The quantitative estimate of drug-likeness (QED) is 0.633. The van der Waals surface area contributed by atoms with Crippen LogP contribution in [0.5, 0.6) is 0 Å². The van der Waals surface area contributed by atoms with Crippen LogP contribution in [0.3, 0.4) is 0 Å². The number of aromatic nitrogens is 1. The maximum Gasteiger partial charge on any atom is 0.241 e. The molecular weight excluding hydrogens is 378 g/mol. The van der Waals surface area contributed by atoms with Crippen LogP contribution in [-0.4, -0.2) is 18.9 Å². The predicted octanol–water partition coefficient (Wildman–Crippen LogP) is 4.44. The third-order valence-electron chi connectivity index (χ3n) is 3.81. The maximum atomic E-state index is 12.9. The lowest BCUT2D eigenvalue weighted by Crippen LogP contribution is -2.40. The zero-order valence-corrected chi connectivity index (χ0v) is 17.4. The third-order valence-corrected chi connectivity index (χ3v) is 6.68. The van der Waals surface area contributed by atoms with Crippen LogP contribution < -0.4 is 10.5 Å². The number of benzene rings is 2. The first-order valence-electron chi connectivity index (χ1n) is 8.52. The summed E-state index contributed by atoms with van der Waals surface area (Å²) in [5.74, 6) is 0. The number of anilines is 1. The number of sulfonamides is 1. The Morgan fingerprint density at radius 1 is 1.07 bits per heavy atom. The number of thiazole rings is 1. The van der Waals surface area contributed by atoms with Gasteiger partial charge in [0.05, 0.1) is 9.77 Å². The molecule has 142 valence electrons. The van der Waals surface area contributed by atoms with Gasteiger partial charge in [-0.3, -0.25) is 0 Å². The van der Waals surface area contributed by atoms with E-state index in [1.54, 1.807) is 39.1 Å². The van der Waals surface area contributed by atoms with E-state index in [-0.39, 0.29) is 4.90 Å². The second-order valence-electron chi connectivity index (χ2n) is 7.51. The number of nitrogens with two attached hydrogens (primary N) is 1. The van der Waals surface area contributed by atoms with Crippen LogP contribution in [0.25, 0.3) is 21.0 Å². The molecule has 3 rings (SSSR count). The molecule has 0 bridgehead atoms. The van der Waals surface area contributed by atoms with E-state index in [9.17, 15) is 8.42 Å². The first kappa shape index (κ1) is 19.5. The van der Waals surface area contributed by atoms with Gasteiger partial charge in [-0.15, -0.1) is 11.3 Å². The molecule has 0 aliphatic carbocycles. The van der Waals surface area contributed by atoms with Crippen molar-refractivity contribution < 1.29 is 8.42 Å². The lowest BCUT2D eigenvalue weighted by molar-refractivity contribution is 0.491. The average Bonchev–Trinajstić information content (AvgIpc) is 3.03. The molecule has 3 N–H and O–H groups in total. The van der Waals surface area contributed by atoms with Gasteiger partial charge in [0.15, 0.2) is 0 Å². The van der Waals surface area contributed by atoms with Gasteiger partial charge in [0.25, 0.3) is 0 Å². The summed E-state index contributed by atoms with van der Waals surface area (Å²) in [7, 11) is -3.73. The van der Waals surface area contributed by atoms with Gasteiger partial charge in [0, 0.05) is 28.6 Å². The normalized spacial score (nSPS) is 12.3. The van der Waals surface area contributed by atoms with Gasteiger partial charge in [-0.25, -0.2) is 18.1 Å². The standard InChI is InChI=1S/C20H23N3O2S2/c1-13-5-7-14(8-6-13)19-22-12-17(26-19)16-10-9-15(21)11-18(16)27(24,25)23-20(2,3)4/h5-12,23H,21H2,1-4H3. The minimum atomic E-state index is -3.73. The summed E-state index contributed by atoms with van der Waals surface area (Å²) in [6.45, 7) is 7.45. The molecule has 0 radical (unpaired) electrons. The predicted molar refractivity (Wildman–Crippen MR) is 112 cm³/mol. The number of rotatable bonds is 4. The van der Waals surface area contributed by atoms with E-state index >= 15 is 0 Å². The molecule has 1 aromatic heterocycles. The molecular formula is C20H23N3O2S2. The minimum Gasteiger partial charge on any atom is -0.399 e. The minimum absolute atomic E-state index is 0.163. The van der Waals surface area contributed by atoms with E-state index in [1.165, 1.54) is 23.0 Å². The Hall–Kier alpha value is -2.22. The molecule has 3 aromatic rings. The molecule has 0 amide bonds.